The standard InChI is InChI=1S/C17H12ClF2N3O2S/c1-9-13-8-21-22-17(13)12-6-14(19)15(20)7-16(12)23(9)26(24,25)11-4-2-10(18)3-5-11/h2-9H,1H3,(H,21,22). The first-order valence-electron chi connectivity index (χ1n) is 7.63. The predicted octanol–water partition coefficient (Wildman–Crippen LogP) is 4.28. The van der Waals surface area contributed by atoms with Gasteiger partial charge in [-0.3, -0.25) is 9.40 Å². The molecule has 0 saturated carbocycles. The van der Waals surface area contributed by atoms with E-state index in [1.165, 1.54) is 30.5 Å². The molecule has 0 spiro atoms. The molecule has 2 heterocycles. The quantitative estimate of drug-likeness (QED) is 0.704. The normalized spacial score (nSPS) is 16.3. The second kappa shape index (κ2) is 5.78. The average molecular weight is 396 g/mol. The SMILES string of the molecule is CC1c2cn[nH]c2-c2cc(F)c(F)cc2N1S(=O)(=O)c1ccc(Cl)cc1. The van der Waals surface area contributed by atoms with Crippen LogP contribution in [0.5, 0.6) is 0 Å². The van der Waals surface area contributed by atoms with Gasteiger partial charge in [0.25, 0.3) is 10.0 Å². The molecule has 3 aromatic rings. The summed E-state index contributed by atoms with van der Waals surface area (Å²) in [5.41, 5.74) is 1.31. The summed E-state index contributed by atoms with van der Waals surface area (Å²) in [4.78, 5) is -0.00335. The van der Waals surface area contributed by atoms with Crippen molar-refractivity contribution in [1.29, 1.82) is 0 Å². The fraction of sp³-hybridized carbons (Fsp3) is 0.118. The minimum absolute atomic E-state index is 0.00335. The highest BCUT2D eigenvalue weighted by Crippen LogP contribution is 2.46. The zero-order chi connectivity index (χ0) is 18.6. The molecule has 2 aromatic carbocycles. The number of halogens is 3. The molecule has 134 valence electrons. The lowest BCUT2D eigenvalue weighted by Crippen LogP contribution is -2.36. The summed E-state index contributed by atoms with van der Waals surface area (Å²) in [6, 6.07) is 6.85. The lowest BCUT2D eigenvalue weighted by atomic mass is 9.97. The molecule has 9 heteroatoms. The molecule has 1 unspecified atom stereocenters. The number of nitrogens with zero attached hydrogens (tertiary/aromatic N) is 2. The van der Waals surface area contributed by atoms with Crippen LogP contribution in [-0.2, 0) is 10.0 Å². The molecule has 0 radical (unpaired) electrons. The van der Waals surface area contributed by atoms with Gasteiger partial charge in [0.1, 0.15) is 0 Å². The number of hydrogen-bond acceptors (Lipinski definition) is 3. The Labute approximate surface area is 153 Å². The highest BCUT2D eigenvalue weighted by molar-refractivity contribution is 7.92. The molecule has 1 aliphatic heterocycles. The van der Waals surface area contributed by atoms with Gasteiger partial charge in [-0.25, -0.2) is 17.2 Å². The fourth-order valence-electron chi connectivity index (χ4n) is 3.14. The Morgan fingerprint density at radius 1 is 1.15 bits per heavy atom. The van der Waals surface area contributed by atoms with Crippen molar-refractivity contribution in [3.8, 4) is 11.3 Å². The van der Waals surface area contributed by atoms with Crippen LogP contribution in [0.3, 0.4) is 0 Å². The van der Waals surface area contributed by atoms with Crippen molar-refractivity contribution in [1.82, 2.24) is 10.2 Å². The van der Waals surface area contributed by atoms with Crippen LogP contribution in [0, 0.1) is 11.6 Å². The molecule has 0 fully saturated rings. The Morgan fingerprint density at radius 3 is 2.50 bits per heavy atom. The lowest BCUT2D eigenvalue weighted by molar-refractivity contribution is 0.508. The van der Waals surface area contributed by atoms with E-state index in [-0.39, 0.29) is 16.1 Å². The molecule has 1 N–H and O–H groups in total. The van der Waals surface area contributed by atoms with Crippen LogP contribution < -0.4 is 4.31 Å². The van der Waals surface area contributed by atoms with Crippen molar-refractivity contribution in [2.24, 2.45) is 0 Å². The zero-order valence-corrected chi connectivity index (χ0v) is 14.9. The number of hydrogen-bond donors (Lipinski definition) is 1. The van der Waals surface area contributed by atoms with E-state index in [2.05, 4.69) is 10.2 Å². The molecule has 1 aromatic heterocycles. The van der Waals surface area contributed by atoms with Gasteiger partial charge in [-0.05, 0) is 37.3 Å². The first-order valence-corrected chi connectivity index (χ1v) is 9.45. The van der Waals surface area contributed by atoms with Gasteiger partial charge in [0.05, 0.1) is 28.5 Å². The molecule has 1 aliphatic rings. The van der Waals surface area contributed by atoms with E-state index in [0.717, 1.165) is 16.4 Å². The van der Waals surface area contributed by atoms with Crippen LogP contribution in [0.1, 0.15) is 18.5 Å². The van der Waals surface area contributed by atoms with Gasteiger partial charge in [-0.2, -0.15) is 5.10 Å². The Hall–Kier alpha value is -2.45. The van der Waals surface area contributed by atoms with Gasteiger partial charge >= 0.3 is 0 Å². The van der Waals surface area contributed by atoms with Crippen molar-refractivity contribution in [3.63, 3.8) is 0 Å². The summed E-state index contributed by atoms with van der Waals surface area (Å²) >= 11 is 5.84. The largest absolute Gasteiger partial charge is 0.277 e. The van der Waals surface area contributed by atoms with E-state index in [4.69, 9.17) is 11.6 Å². The second-order valence-corrected chi connectivity index (χ2v) is 8.17. The van der Waals surface area contributed by atoms with Crippen molar-refractivity contribution >= 4 is 27.3 Å². The topological polar surface area (TPSA) is 66.1 Å². The summed E-state index contributed by atoms with van der Waals surface area (Å²) in [6.07, 6.45) is 1.48. The number of aromatic amines is 1. The van der Waals surface area contributed by atoms with Crippen molar-refractivity contribution in [2.45, 2.75) is 17.9 Å². The van der Waals surface area contributed by atoms with Gasteiger partial charge in [0.15, 0.2) is 11.6 Å². The summed E-state index contributed by atoms with van der Waals surface area (Å²) in [5, 5.41) is 7.05. The minimum Gasteiger partial charge on any atom is -0.277 e. The average Bonchev–Trinajstić information content (AvgIpc) is 3.07. The summed E-state index contributed by atoms with van der Waals surface area (Å²) in [7, 11) is -4.05. The molecule has 5 nitrogen and oxygen atoms in total. The van der Waals surface area contributed by atoms with Gasteiger partial charge in [0, 0.05) is 22.2 Å². The maximum atomic E-state index is 13.9. The number of aromatic nitrogens is 2. The number of nitrogens with one attached hydrogen (secondary N) is 1. The first kappa shape index (κ1) is 17.0. The number of fused-ring (bicyclic) bond motifs is 3. The van der Waals surface area contributed by atoms with Crippen molar-refractivity contribution in [2.75, 3.05) is 4.31 Å². The van der Waals surface area contributed by atoms with Gasteiger partial charge < -0.3 is 0 Å². The number of anilines is 1. The Balaban J connectivity index is 1.98. The highest BCUT2D eigenvalue weighted by atomic mass is 35.5. The molecule has 4 rings (SSSR count). The molecule has 0 aliphatic carbocycles. The Kier molecular flexibility index (Phi) is 3.78. The van der Waals surface area contributed by atoms with Crippen LogP contribution in [0.25, 0.3) is 11.3 Å². The summed E-state index contributed by atoms with van der Waals surface area (Å²) < 4.78 is 55.3. The smallest absolute Gasteiger partial charge is 0.264 e. The number of sulfonamides is 1. The third-order valence-electron chi connectivity index (χ3n) is 4.39. The maximum absolute atomic E-state index is 13.9. The predicted molar refractivity (Wildman–Crippen MR) is 93.5 cm³/mol. The zero-order valence-electron chi connectivity index (χ0n) is 13.4. The molecule has 1 atom stereocenters. The third kappa shape index (κ3) is 2.40. The molecule has 0 saturated heterocycles. The molecule has 0 bridgehead atoms. The van der Waals surface area contributed by atoms with E-state index in [1.807, 2.05) is 0 Å². The lowest BCUT2D eigenvalue weighted by Gasteiger charge is -2.35. The molecular formula is C17H12ClF2N3O2S. The van der Waals surface area contributed by atoms with Crippen LogP contribution in [0.4, 0.5) is 14.5 Å². The summed E-state index contributed by atoms with van der Waals surface area (Å²) in [6.45, 7) is 1.66. The fourth-order valence-corrected chi connectivity index (χ4v) is 4.91. The molecule has 0 amide bonds. The van der Waals surface area contributed by atoms with Crippen LogP contribution in [0.2, 0.25) is 5.02 Å². The van der Waals surface area contributed by atoms with E-state index in [1.54, 1.807) is 6.92 Å². The highest BCUT2D eigenvalue weighted by Gasteiger charge is 2.38. The summed E-state index contributed by atoms with van der Waals surface area (Å²) in [5.74, 6) is -2.20. The van der Waals surface area contributed by atoms with Crippen molar-refractivity contribution < 1.29 is 17.2 Å². The monoisotopic (exact) mass is 395 g/mol. The third-order valence-corrected chi connectivity index (χ3v) is 6.54. The Morgan fingerprint density at radius 2 is 1.81 bits per heavy atom. The van der Waals surface area contributed by atoms with E-state index in [9.17, 15) is 17.2 Å². The number of rotatable bonds is 2. The minimum atomic E-state index is -4.05. The Bertz CT molecular complexity index is 1110. The second-order valence-electron chi connectivity index (χ2n) is 5.91. The number of benzene rings is 2. The van der Waals surface area contributed by atoms with Gasteiger partial charge in [0.2, 0.25) is 0 Å². The van der Waals surface area contributed by atoms with E-state index >= 15 is 0 Å². The van der Waals surface area contributed by atoms with E-state index in [0.29, 0.717) is 16.3 Å². The first-order chi connectivity index (χ1) is 12.3. The van der Waals surface area contributed by atoms with Crippen LogP contribution in [-0.4, -0.2) is 18.6 Å². The molecule has 26 heavy (non-hydrogen) atoms. The van der Waals surface area contributed by atoms with Crippen LogP contribution >= 0.6 is 11.6 Å². The van der Waals surface area contributed by atoms with Crippen molar-refractivity contribution in [3.05, 3.63) is 64.8 Å². The van der Waals surface area contributed by atoms with Gasteiger partial charge in [-0.15, -0.1) is 0 Å². The number of H-pyrrole nitrogens is 1. The van der Waals surface area contributed by atoms with Crippen LogP contribution in [0.15, 0.2) is 47.5 Å². The molecular weight excluding hydrogens is 384 g/mol. The van der Waals surface area contributed by atoms with Gasteiger partial charge in [-0.1, -0.05) is 11.6 Å². The van der Waals surface area contributed by atoms with E-state index < -0.39 is 27.7 Å². The maximum Gasteiger partial charge on any atom is 0.264 e.